The van der Waals surface area contributed by atoms with E-state index in [0.717, 1.165) is 18.5 Å². The van der Waals surface area contributed by atoms with Crippen LogP contribution >= 0.6 is 0 Å². The maximum Gasteiger partial charge on any atom is 0.278 e. The Kier molecular flexibility index (Phi) is 4.81. The van der Waals surface area contributed by atoms with Gasteiger partial charge in [-0.1, -0.05) is 0 Å². The predicted molar refractivity (Wildman–Crippen MR) is 121 cm³/mol. The van der Waals surface area contributed by atoms with Crippen LogP contribution in [-0.2, 0) is 0 Å². The summed E-state index contributed by atoms with van der Waals surface area (Å²) in [6.45, 7) is 1.89. The summed E-state index contributed by atoms with van der Waals surface area (Å²) in [5.41, 5.74) is 2.42. The lowest BCUT2D eigenvalue weighted by Crippen LogP contribution is -2.25. The number of nitrogens with one attached hydrogen (secondary N) is 3. The Morgan fingerprint density at radius 2 is 2.03 bits per heavy atom. The molecule has 1 aliphatic carbocycles. The summed E-state index contributed by atoms with van der Waals surface area (Å²) in [5, 5.41) is 13.4. The number of anilines is 3. The average molecular weight is 430 g/mol. The number of carbonyl (C=O) groups is 1. The molecule has 0 aromatic carbocycles. The number of hydrogen-bond donors (Lipinski definition) is 3. The van der Waals surface area contributed by atoms with Crippen molar-refractivity contribution in [3.05, 3.63) is 70.5 Å². The summed E-state index contributed by atoms with van der Waals surface area (Å²) in [6, 6.07) is 9.10. The molecular formula is C22H22N8O2. The fourth-order valence-corrected chi connectivity index (χ4v) is 3.39. The van der Waals surface area contributed by atoms with Crippen molar-refractivity contribution in [1.82, 2.24) is 29.5 Å². The number of aryl methyl sites for hydroxylation is 1. The Hall–Kier alpha value is -4.21. The van der Waals surface area contributed by atoms with Crippen LogP contribution in [0.1, 0.15) is 28.9 Å². The van der Waals surface area contributed by atoms with Gasteiger partial charge in [-0.25, -0.2) is 4.98 Å². The average Bonchev–Trinajstić information content (AvgIpc) is 3.50. The summed E-state index contributed by atoms with van der Waals surface area (Å²) in [6.07, 6.45) is 6.83. The molecule has 0 spiro atoms. The van der Waals surface area contributed by atoms with Gasteiger partial charge in [0.25, 0.3) is 11.5 Å². The second-order valence-corrected chi connectivity index (χ2v) is 7.70. The highest BCUT2D eigenvalue weighted by Crippen LogP contribution is 2.23. The van der Waals surface area contributed by atoms with Crippen LogP contribution in [-0.4, -0.2) is 43.1 Å². The second kappa shape index (κ2) is 7.80. The first-order valence-electron chi connectivity index (χ1n) is 10.3. The molecule has 10 nitrogen and oxygen atoms in total. The SMILES string of the molecule is CNc1cc(Nc2cccn(-c3ccc(C)nc3)c2=O)nc2c(C(=O)NC3CC3)cnn12. The minimum atomic E-state index is -0.244. The van der Waals surface area contributed by atoms with Crippen LogP contribution in [0.5, 0.6) is 0 Å². The summed E-state index contributed by atoms with van der Waals surface area (Å²) in [7, 11) is 1.75. The van der Waals surface area contributed by atoms with Gasteiger partial charge in [0.2, 0.25) is 0 Å². The molecule has 1 fully saturated rings. The van der Waals surface area contributed by atoms with E-state index in [1.807, 2.05) is 19.1 Å². The van der Waals surface area contributed by atoms with E-state index < -0.39 is 0 Å². The topological polar surface area (TPSA) is 118 Å². The van der Waals surface area contributed by atoms with E-state index in [4.69, 9.17) is 0 Å². The molecule has 4 aromatic heterocycles. The molecule has 0 unspecified atom stereocenters. The van der Waals surface area contributed by atoms with E-state index in [1.54, 1.807) is 42.2 Å². The third kappa shape index (κ3) is 3.66. The minimum absolute atomic E-state index is 0.205. The molecule has 4 heterocycles. The van der Waals surface area contributed by atoms with Gasteiger partial charge in [0, 0.05) is 31.0 Å². The van der Waals surface area contributed by atoms with Crippen LogP contribution < -0.4 is 21.5 Å². The lowest BCUT2D eigenvalue weighted by molar-refractivity contribution is 0.0952. The van der Waals surface area contributed by atoms with Gasteiger partial charge in [0.1, 0.15) is 22.9 Å². The number of rotatable bonds is 6. The van der Waals surface area contributed by atoms with E-state index in [-0.39, 0.29) is 17.5 Å². The minimum Gasteiger partial charge on any atom is -0.373 e. The highest BCUT2D eigenvalue weighted by molar-refractivity contribution is 6.00. The zero-order chi connectivity index (χ0) is 22.2. The van der Waals surface area contributed by atoms with E-state index in [9.17, 15) is 9.59 Å². The number of amides is 1. The van der Waals surface area contributed by atoms with Gasteiger partial charge >= 0.3 is 0 Å². The van der Waals surface area contributed by atoms with Gasteiger partial charge in [-0.3, -0.25) is 19.1 Å². The standard InChI is InChI=1S/C22H22N8O2/c1-13-5-8-15(11-24-13)29-9-3-4-17(22(29)32)27-18-10-19(23-2)30-20(28-18)16(12-25-30)21(31)26-14-6-7-14/h3-5,8-12,14,23H,6-7H2,1-2H3,(H,26,31)(H,27,28). The van der Waals surface area contributed by atoms with Crippen LogP contribution in [0.25, 0.3) is 11.3 Å². The van der Waals surface area contributed by atoms with Crippen LogP contribution in [0.15, 0.2) is 53.7 Å². The van der Waals surface area contributed by atoms with Crippen molar-refractivity contribution in [3.8, 4) is 5.69 Å². The highest BCUT2D eigenvalue weighted by atomic mass is 16.2. The first-order valence-corrected chi connectivity index (χ1v) is 10.3. The van der Waals surface area contributed by atoms with Crippen LogP contribution in [0.2, 0.25) is 0 Å². The molecular weight excluding hydrogens is 408 g/mol. The third-order valence-corrected chi connectivity index (χ3v) is 5.27. The monoisotopic (exact) mass is 430 g/mol. The van der Waals surface area contributed by atoms with Crippen molar-refractivity contribution < 1.29 is 4.79 Å². The van der Waals surface area contributed by atoms with Gasteiger partial charge in [0.15, 0.2) is 5.65 Å². The van der Waals surface area contributed by atoms with Crippen LogP contribution in [0.3, 0.4) is 0 Å². The predicted octanol–water partition coefficient (Wildman–Crippen LogP) is 2.26. The lowest BCUT2D eigenvalue weighted by atomic mass is 10.3. The largest absolute Gasteiger partial charge is 0.373 e. The molecule has 10 heteroatoms. The number of nitrogens with zero attached hydrogens (tertiary/aromatic N) is 5. The Balaban J connectivity index is 1.52. The Bertz CT molecular complexity index is 1370. The summed E-state index contributed by atoms with van der Waals surface area (Å²) < 4.78 is 3.08. The molecule has 3 N–H and O–H groups in total. The molecule has 32 heavy (non-hydrogen) atoms. The number of pyridine rings is 2. The van der Waals surface area contributed by atoms with E-state index in [2.05, 4.69) is 31.0 Å². The smallest absolute Gasteiger partial charge is 0.278 e. The fourth-order valence-electron chi connectivity index (χ4n) is 3.39. The fraction of sp³-hybridized carbons (Fsp3) is 0.227. The molecule has 0 radical (unpaired) electrons. The van der Waals surface area contributed by atoms with Crippen molar-refractivity contribution in [2.24, 2.45) is 0 Å². The summed E-state index contributed by atoms with van der Waals surface area (Å²) in [5.74, 6) is 0.838. The maximum absolute atomic E-state index is 13.1. The van der Waals surface area contributed by atoms with Gasteiger partial charge in [-0.05, 0) is 44.0 Å². The van der Waals surface area contributed by atoms with E-state index >= 15 is 0 Å². The van der Waals surface area contributed by atoms with Crippen molar-refractivity contribution >= 4 is 28.9 Å². The Morgan fingerprint density at radius 3 is 2.75 bits per heavy atom. The first-order chi connectivity index (χ1) is 15.5. The molecule has 162 valence electrons. The van der Waals surface area contributed by atoms with Crippen LogP contribution in [0.4, 0.5) is 17.3 Å². The van der Waals surface area contributed by atoms with Gasteiger partial charge in [0.05, 0.1) is 18.1 Å². The number of fused-ring (bicyclic) bond motifs is 1. The molecule has 1 saturated carbocycles. The molecule has 1 amide bonds. The molecule has 0 bridgehead atoms. The Morgan fingerprint density at radius 1 is 1.19 bits per heavy atom. The zero-order valence-corrected chi connectivity index (χ0v) is 17.7. The van der Waals surface area contributed by atoms with Gasteiger partial charge in [-0.15, -0.1) is 0 Å². The number of carbonyl (C=O) groups excluding carboxylic acids is 1. The maximum atomic E-state index is 13.1. The number of hydrogen-bond acceptors (Lipinski definition) is 7. The van der Waals surface area contributed by atoms with Gasteiger partial charge in [-0.2, -0.15) is 9.61 Å². The normalized spacial score (nSPS) is 13.2. The molecule has 0 atom stereocenters. The second-order valence-electron chi connectivity index (χ2n) is 7.70. The highest BCUT2D eigenvalue weighted by Gasteiger charge is 2.26. The lowest BCUT2D eigenvalue weighted by Gasteiger charge is -2.12. The van der Waals surface area contributed by atoms with Crippen molar-refractivity contribution in [3.63, 3.8) is 0 Å². The first kappa shape index (κ1) is 19.7. The van der Waals surface area contributed by atoms with Crippen molar-refractivity contribution in [2.75, 3.05) is 17.7 Å². The summed E-state index contributed by atoms with van der Waals surface area (Å²) >= 11 is 0. The molecule has 5 rings (SSSR count). The number of aromatic nitrogens is 5. The van der Waals surface area contributed by atoms with E-state index in [0.29, 0.717) is 34.2 Å². The Labute approximate surface area is 183 Å². The third-order valence-electron chi connectivity index (χ3n) is 5.27. The quantitative estimate of drug-likeness (QED) is 0.429. The van der Waals surface area contributed by atoms with Crippen molar-refractivity contribution in [2.45, 2.75) is 25.8 Å². The van der Waals surface area contributed by atoms with Crippen LogP contribution in [0, 0.1) is 6.92 Å². The molecule has 4 aromatic rings. The van der Waals surface area contributed by atoms with Gasteiger partial charge < -0.3 is 16.0 Å². The van der Waals surface area contributed by atoms with E-state index in [1.165, 1.54) is 10.8 Å². The molecule has 1 aliphatic rings. The summed E-state index contributed by atoms with van der Waals surface area (Å²) in [4.78, 5) is 34.5. The van der Waals surface area contributed by atoms with Crippen molar-refractivity contribution in [1.29, 1.82) is 0 Å². The molecule has 0 saturated heterocycles. The zero-order valence-electron chi connectivity index (χ0n) is 17.7. The molecule has 0 aliphatic heterocycles.